The molecule has 2 aliphatic rings. The molecule has 198 valence electrons. The number of rotatable bonds is 7. The first-order valence-electron chi connectivity index (χ1n) is 12.8. The molecule has 1 N–H and O–H groups in total. The van der Waals surface area contributed by atoms with E-state index < -0.39 is 11.4 Å². The quantitative estimate of drug-likeness (QED) is 0.240. The first-order valence-corrected chi connectivity index (χ1v) is 13.9. The number of nitrogens with zero attached hydrogens (tertiary/aromatic N) is 3. The minimum Gasteiger partial charge on any atom is -0.598 e. The number of allylic oxidation sites excluding steroid dienone is 1. The lowest BCUT2D eigenvalue weighted by Crippen LogP contribution is -2.51. The molecule has 0 saturated carbocycles. The summed E-state index contributed by atoms with van der Waals surface area (Å²) in [7, 11) is 1.61. The molecule has 1 fully saturated rings. The largest absolute Gasteiger partial charge is 0.598 e. The highest BCUT2D eigenvalue weighted by Crippen LogP contribution is 2.52. The van der Waals surface area contributed by atoms with Gasteiger partial charge in [0.1, 0.15) is 16.2 Å². The number of carbonyl (C=O) groups excluding carboxylic acids is 1. The van der Waals surface area contributed by atoms with Gasteiger partial charge in [-0.15, -0.1) is 4.72 Å². The summed E-state index contributed by atoms with van der Waals surface area (Å²) in [6.07, 6.45) is 4.35. The molecule has 1 aliphatic heterocycles. The van der Waals surface area contributed by atoms with Crippen molar-refractivity contribution in [2.75, 3.05) is 25.2 Å². The first kappa shape index (κ1) is 27.2. The number of benzene rings is 2. The molecular weight excluding hydrogens is 484 g/mol. The molecule has 8 heteroatoms. The maximum atomic E-state index is 13.7. The van der Waals surface area contributed by atoms with Crippen LogP contribution in [0.5, 0.6) is 5.75 Å². The van der Waals surface area contributed by atoms with Gasteiger partial charge in [0, 0.05) is 42.7 Å². The fraction of sp³-hybridized carbons (Fsp3) is 0.448. The minimum atomic E-state index is -1.20. The minimum absolute atomic E-state index is 0.00896. The molecule has 2 aromatic carbocycles. The Bertz CT molecular complexity index is 1170. The molecule has 1 aliphatic carbocycles. The number of piperidine rings is 1. The fourth-order valence-electron chi connectivity index (χ4n) is 5.42. The van der Waals surface area contributed by atoms with Gasteiger partial charge in [0.05, 0.1) is 18.8 Å². The Balaban J connectivity index is 1.53. The standard InChI is InChI=1S/C29H38N4O3S/c1-7-25(33(30-5)22-12-10-13-23(19-22)36-6)27(34)32-17-15-29(16-18-32)20-21-11-8-9-14-24(21)26(29)31-37(35)28(2,3)4/h7-14,19,26,31H,5,15-18,20H2,1-4,6H3/b25-7-/t26-,37?/m1/s1. The number of hydrogen-bond donors (Lipinski definition) is 1. The number of hydrazone groups is 1. The van der Waals surface area contributed by atoms with Crippen LogP contribution in [0.25, 0.3) is 0 Å². The zero-order valence-electron chi connectivity index (χ0n) is 22.5. The van der Waals surface area contributed by atoms with E-state index in [0.717, 1.165) is 19.3 Å². The van der Waals surface area contributed by atoms with E-state index in [1.54, 1.807) is 18.2 Å². The summed E-state index contributed by atoms with van der Waals surface area (Å²) >= 11 is -1.20. The van der Waals surface area contributed by atoms with Gasteiger partial charge in [-0.05, 0) is 70.2 Å². The smallest absolute Gasteiger partial charge is 0.272 e. The Morgan fingerprint density at radius 2 is 1.95 bits per heavy atom. The molecule has 0 radical (unpaired) electrons. The van der Waals surface area contributed by atoms with E-state index in [0.29, 0.717) is 30.2 Å². The Kier molecular flexibility index (Phi) is 8.02. The second kappa shape index (κ2) is 10.9. The highest BCUT2D eigenvalue weighted by Gasteiger charge is 2.51. The Morgan fingerprint density at radius 1 is 1.24 bits per heavy atom. The van der Waals surface area contributed by atoms with Gasteiger partial charge in [-0.2, -0.15) is 5.10 Å². The zero-order valence-corrected chi connectivity index (χ0v) is 23.3. The van der Waals surface area contributed by atoms with Gasteiger partial charge in [-0.1, -0.05) is 36.4 Å². The number of hydrogen-bond acceptors (Lipinski definition) is 6. The SMILES string of the molecule is C=NN(/C(=C\C)C(=O)N1CCC2(CC1)Cc1ccccc1[C@H]2N[S+]([O-])C(C)(C)C)c1cccc(OC)c1. The number of likely N-dealkylation sites (tertiary alicyclic amines) is 1. The molecule has 7 nitrogen and oxygen atoms in total. The lowest BCUT2D eigenvalue weighted by atomic mass is 9.73. The van der Waals surface area contributed by atoms with Gasteiger partial charge in [0.15, 0.2) is 0 Å². The van der Waals surface area contributed by atoms with Crippen molar-refractivity contribution >= 4 is 29.7 Å². The number of carbonyl (C=O) groups is 1. The van der Waals surface area contributed by atoms with Gasteiger partial charge in [-0.25, -0.2) is 5.01 Å². The van der Waals surface area contributed by atoms with Crippen molar-refractivity contribution < 1.29 is 14.1 Å². The average Bonchev–Trinajstić information content (AvgIpc) is 3.19. The number of ether oxygens (including phenoxy) is 1. The van der Waals surface area contributed by atoms with Crippen LogP contribution >= 0.6 is 0 Å². The van der Waals surface area contributed by atoms with Crippen LogP contribution in [0.15, 0.2) is 65.4 Å². The second-order valence-corrected chi connectivity index (χ2v) is 12.8. The number of amides is 1. The normalized spacial score (nSPS) is 19.9. The highest BCUT2D eigenvalue weighted by molar-refractivity contribution is 7.90. The lowest BCUT2D eigenvalue weighted by Gasteiger charge is -2.44. The van der Waals surface area contributed by atoms with Crippen LogP contribution in [0.2, 0.25) is 0 Å². The van der Waals surface area contributed by atoms with E-state index in [4.69, 9.17) is 4.74 Å². The Hall–Kier alpha value is -2.81. The average molecular weight is 523 g/mol. The molecule has 0 aromatic heterocycles. The fourth-order valence-corrected chi connectivity index (χ4v) is 6.36. The summed E-state index contributed by atoms with van der Waals surface area (Å²) in [5, 5.41) is 5.72. The molecule has 1 heterocycles. The maximum Gasteiger partial charge on any atom is 0.272 e. The Labute approximate surface area is 223 Å². The predicted octanol–water partition coefficient (Wildman–Crippen LogP) is 4.98. The molecule has 2 atom stereocenters. The van der Waals surface area contributed by atoms with E-state index in [2.05, 4.69) is 40.8 Å². The zero-order chi connectivity index (χ0) is 26.8. The monoisotopic (exact) mass is 522 g/mol. The number of anilines is 1. The van der Waals surface area contributed by atoms with Crippen LogP contribution in [0, 0.1) is 5.41 Å². The molecule has 1 saturated heterocycles. The summed E-state index contributed by atoms with van der Waals surface area (Å²) in [5.74, 6) is 0.604. The van der Waals surface area contributed by atoms with Gasteiger partial charge >= 0.3 is 0 Å². The third kappa shape index (κ3) is 5.42. The molecule has 4 rings (SSSR count). The van der Waals surface area contributed by atoms with Gasteiger partial charge in [0.25, 0.3) is 5.91 Å². The van der Waals surface area contributed by atoms with E-state index in [9.17, 15) is 9.35 Å². The van der Waals surface area contributed by atoms with Gasteiger partial charge in [0.2, 0.25) is 0 Å². The van der Waals surface area contributed by atoms with E-state index >= 15 is 0 Å². The highest BCUT2D eigenvalue weighted by atomic mass is 32.2. The predicted molar refractivity (Wildman–Crippen MR) is 151 cm³/mol. The van der Waals surface area contributed by atoms with Crippen LogP contribution < -0.4 is 14.5 Å². The van der Waals surface area contributed by atoms with Gasteiger partial charge < -0.3 is 14.2 Å². The summed E-state index contributed by atoms with van der Waals surface area (Å²) in [6, 6.07) is 15.9. The maximum absolute atomic E-state index is 13.7. The van der Waals surface area contributed by atoms with Crippen LogP contribution in [-0.2, 0) is 22.6 Å². The second-order valence-electron chi connectivity index (χ2n) is 10.8. The van der Waals surface area contributed by atoms with Crippen molar-refractivity contribution in [2.24, 2.45) is 10.5 Å². The molecule has 2 aromatic rings. The van der Waals surface area contributed by atoms with Crippen LogP contribution in [0.3, 0.4) is 0 Å². The van der Waals surface area contributed by atoms with E-state index in [1.807, 2.05) is 56.9 Å². The lowest BCUT2D eigenvalue weighted by molar-refractivity contribution is -0.129. The molecule has 37 heavy (non-hydrogen) atoms. The van der Waals surface area contributed by atoms with E-state index in [1.165, 1.54) is 11.1 Å². The molecule has 1 spiro atoms. The third-order valence-electron chi connectivity index (χ3n) is 7.51. The number of nitrogens with one attached hydrogen (secondary N) is 1. The Morgan fingerprint density at radius 3 is 2.57 bits per heavy atom. The van der Waals surface area contributed by atoms with E-state index in [-0.39, 0.29) is 22.1 Å². The number of fused-ring (bicyclic) bond motifs is 1. The van der Waals surface area contributed by atoms with Crippen LogP contribution in [0.1, 0.15) is 57.7 Å². The molecular formula is C29H38N4O3S. The van der Waals surface area contributed by atoms with Crippen molar-refractivity contribution in [3.63, 3.8) is 0 Å². The van der Waals surface area contributed by atoms with Crippen molar-refractivity contribution in [3.8, 4) is 5.75 Å². The summed E-state index contributed by atoms with van der Waals surface area (Å²) < 4.78 is 21.6. The van der Waals surface area contributed by atoms with Gasteiger partial charge in [-0.3, -0.25) is 4.79 Å². The summed E-state index contributed by atoms with van der Waals surface area (Å²) in [6.45, 7) is 12.8. The summed E-state index contributed by atoms with van der Waals surface area (Å²) in [4.78, 5) is 15.6. The van der Waals surface area contributed by atoms with Crippen molar-refractivity contribution in [1.29, 1.82) is 0 Å². The molecule has 1 unspecified atom stereocenters. The van der Waals surface area contributed by atoms with Crippen LogP contribution in [0.4, 0.5) is 5.69 Å². The topological polar surface area (TPSA) is 80.2 Å². The summed E-state index contributed by atoms with van der Waals surface area (Å²) in [5.41, 5.74) is 3.62. The van der Waals surface area contributed by atoms with Crippen LogP contribution in [-0.4, -0.2) is 47.0 Å². The molecule has 0 bridgehead atoms. The van der Waals surface area contributed by atoms with Crippen molar-refractivity contribution in [1.82, 2.24) is 9.62 Å². The van der Waals surface area contributed by atoms with Crippen molar-refractivity contribution in [3.05, 3.63) is 71.4 Å². The molecule has 1 amide bonds. The first-order chi connectivity index (χ1) is 17.6. The number of methoxy groups -OCH3 is 1. The van der Waals surface area contributed by atoms with Crippen molar-refractivity contribution in [2.45, 2.75) is 57.7 Å². The third-order valence-corrected chi connectivity index (χ3v) is 9.07.